The molecule has 1 aliphatic rings. The van der Waals surface area contributed by atoms with E-state index in [-0.39, 0.29) is 11.9 Å². The lowest BCUT2D eigenvalue weighted by atomic mass is 9.99. The second-order valence-corrected chi connectivity index (χ2v) is 6.27. The molecule has 0 bridgehead atoms. The van der Waals surface area contributed by atoms with Gasteiger partial charge < -0.3 is 11.1 Å². The van der Waals surface area contributed by atoms with Crippen molar-refractivity contribution in [2.24, 2.45) is 5.73 Å². The van der Waals surface area contributed by atoms with Crippen LogP contribution in [0.2, 0.25) is 5.02 Å². The van der Waals surface area contributed by atoms with E-state index in [0.717, 1.165) is 36.4 Å². The van der Waals surface area contributed by atoms with Gasteiger partial charge in [-0.1, -0.05) is 23.7 Å². The normalized spacial score (nSPS) is 23.0. The molecule has 0 radical (unpaired) electrons. The van der Waals surface area contributed by atoms with Gasteiger partial charge in [-0.15, -0.1) is 0 Å². The fraction of sp³-hybridized carbons (Fsp3) is 0.562. The Kier molecular flexibility index (Phi) is 6.03. The summed E-state index contributed by atoms with van der Waals surface area (Å²) < 4.78 is 0. The van der Waals surface area contributed by atoms with Gasteiger partial charge in [0.1, 0.15) is 0 Å². The Hall–Kier alpha value is -1.10. The first-order valence-electron chi connectivity index (χ1n) is 7.55. The maximum atomic E-state index is 12.0. The molecule has 2 atom stereocenters. The number of nitrogens with one attached hydrogen (secondary N) is 1. The standard InChI is InChI=1S/C16H24ClN3O/c1-12-9-15(18)6-8-20(12)11-16(21)19-7-5-13-3-2-4-14(17)10-13/h2-4,10,12,15H,5-9,11,18H2,1H3,(H,19,21). The van der Waals surface area contributed by atoms with Gasteiger partial charge in [-0.05, 0) is 43.9 Å². The number of hydrogen-bond donors (Lipinski definition) is 2. The molecule has 4 nitrogen and oxygen atoms in total. The Morgan fingerprint density at radius 2 is 2.33 bits per heavy atom. The molecule has 1 aromatic carbocycles. The fourth-order valence-electron chi connectivity index (χ4n) is 2.77. The quantitative estimate of drug-likeness (QED) is 0.872. The van der Waals surface area contributed by atoms with Crippen LogP contribution in [-0.4, -0.2) is 42.5 Å². The molecule has 116 valence electrons. The van der Waals surface area contributed by atoms with Crippen molar-refractivity contribution < 1.29 is 4.79 Å². The highest BCUT2D eigenvalue weighted by Gasteiger charge is 2.24. The number of benzene rings is 1. The third-order valence-electron chi connectivity index (χ3n) is 4.03. The van der Waals surface area contributed by atoms with E-state index < -0.39 is 0 Å². The van der Waals surface area contributed by atoms with Crippen molar-refractivity contribution in [3.05, 3.63) is 34.9 Å². The molecule has 3 N–H and O–H groups in total. The lowest BCUT2D eigenvalue weighted by molar-refractivity contribution is -0.123. The maximum absolute atomic E-state index is 12.0. The molecule has 1 fully saturated rings. The number of likely N-dealkylation sites (tertiary alicyclic amines) is 1. The zero-order valence-electron chi connectivity index (χ0n) is 12.5. The van der Waals surface area contributed by atoms with Crippen molar-refractivity contribution in [1.82, 2.24) is 10.2 Å². The predicted octanol–water partition coefficient (Wildman–Crippen LogP) is 1.81. The summed E-state index contributed by atoms with van der Waals surface area (Å²) >= 11 is 5.94. The first-order valence-corrected chi connectivity index (χ1v) is 7.93. The van der Waals surface area contributed by atoms with Crippen molar-refractivity contribution in [3.63, 3.8) is 0 Å². The Morgan fingerprint density at radius 3 is 3.05 bits per heavy atom. The minimum Gasteiger partial charge on any atom is -0.355 e. The predicted molar refractivity (Wildman–Crippen MR) is 86.4 cm³/mol. The number of piperidine rings is 1. The van der Waals surface area contributed by atoms with Crippen LogP contribution in [0.4, 0.5) is 0 Å². The zero-order valence-corrected chi connectivity index (χ0v) is 13.3. The Balaban J connectivity index is 1.70. The van der Waals surface area contributed by atoms with E-state index in [2.05, 4.69) is 17.1 Å². The molecule has 21 heavy (non-hydrogen) atoms. The van der Waals surface area contributed by atoms with Gasteiger partial charge >= 0.3 is 0 Å². The molecule has 1 saturated heterocycles. The highest BCUT2D eigenvalue weighted by molar-refractivity contribution is 6.30. The van der Waals surface area contributed by atoms with Crippen molar-refractivity contribution in [3.8, 4) is 0 Å². The van der Waals surface area contributed by atoms with E-state index in [1.54, 1.807) is 0 Å². The van der Waals surface area contributed by atoms with Crippen LogP contribution in [0.15, 0.2) is 24.3 Å². The van der Waals surface area contributed by atoms with E-state index in [1.807, 2.05) is 24.3 Å². The van der Waals surface area contributed by atoms with E-state index >= 15 is 0 Å². The smallest absolute Gasteiger partial charge is 0.234 e. The first kappa shape index (κ1) is 16.3. The van der Waals surface area contributed by atoms with E-state index in [1.165, 1.54) is 0 Å². The van der Waals surface area contributed by atoms with Gasteiger partial charge in [-0.3, -0.25) is 9.69 Å². The van der Waals surface area contributed by atoms with E-state index in [0.29, 0.717) is 19.1 Å². The molecular weight excluding hydrogens is 286 g/mol. The summed E-state index contributed by atoms with van der Waals surface area (Å²) in [5.74, 6) is 0.0827. The maximum Gasteiger partial charge on any atom is 0.234 e. The second kappa shape index (κ2) is 7.78. The molecule has 1 aromatic rings. The van der Waals surface area contributed by atoms with Gasteiger partial charge in [-0.25, -0.2) is 0 Å². The molecule has 0 aromatic heterocycles. The lowest BCUT2D eigenvalue weighted by Crippen LogP contribution is -2.49. The highest BCUT2D eigenvalue weighted by atomic mass is 35.5. The number of carbonyl (C=O) groups excluding carboxylic acids is 1. The van der Waals surface area contributed by atoms with Crippen LogP contribution >= 0.6 is 11.6 Å². The summed E-state index contributed by atoms with van der Waals surface area (Å²) in [6, 6.07) is 8.40. The van der Waals surface area contributed by atoms with Crippen molar-refractivity contribution in [1.29, 1.82) is 0 Å². The third-order valence-corrected chi connectivity index (χ3v) is 4.26. The Bertz CT molecular complexity index is 480. The molecule has 1 amide bonds. The number of carbonyl (C=O) groups is 1. The lowest BCUT2D eigenvalue weighted by Gasteiger charge is -2.35. The van der Waals surface area contributed by atoms with Crippen LogP contribution in [0.5, 0.6) is 0 Å². The highest BCUT2D eigenvalue weighted by Crippen LogP contribution is 2.15. The summed E-state index contributed by atoms with van der Waals surface area (Å²) in [6.45, 7) is 4.15. The number of halogens is 1. The minimum atomic E-state index is 0.0827. The molecule has 2 unspecified atom stereocenters. The fourth-order valence-corrected chi connectivity index (χ4v) is 2.98. The molecule has 0 saturated carbocycles. The molecule has 0 spiro atoms. The molecule has 0 aliphatic carbocycles. The summed E-state index contributed by atoms with van der Waals surface area (Å²) in [5, 5.41) is 3.71. The SMILES string of the molecule is CC1CC(N)CCN1CC(=O)NCCc1cccc(Cl)c1. The number of hydrogen-bond acceptors (Lipinski definition) is 3. The minimum absolute atomic E-state index is 0.0827. The number of nitrogens with two attached hydrogens (primary N) is 1. The Morgan fingerprint density at radius 1 is 1.52 bits per heavy atom. The number of nitrogens with zero attached hydrogens (tertiary/aromatic N) is 1. The van der Waals surface area contributed by atoms with Crippen LogP contribution in [-0.2, 0) is 11.2 Å². The molecule has 2 rings (SSSR count). The van der Waals surface area contributed by atoms with Gasteiger partial charge in [0.2, 0.25) is 5.91 Å². The largest absolute Gasteiger partial charge is 0.355 e. The van der Waals surface area contributed by atoms with Crippen molar-refractivity contribution in [2.75, 3.05) is 19.6 Å². The summed E-state index contributed by atoms with van der Waals surface area (Å²) in [5.41, 5.74) is 7.08. The van der Waals surface area contributed by atoms with Gasteiger partial charge in [0.05, 0.1) is 6.54 Å². The average molecular weight is 310 g/mol. The van der Waals surface area contributed by atoms with Crippen LogP contribution < -0.4 is 11.1 Å². The monoisotopic (exact) mass is 309 g/mol. The molecule has 1 heterocycles. The van der Waals surface area contributed by atoms with Gasteiger partial charge in [-0.2, -0.15) is 0 Å². The van der Waals surface area contributed by atoms with Crippen LogP contribution in [0.1, 0.15) is 25.3 Å². The summed E-state index contributed by atoms with van der Waals surface area (Å²) in [7, 11) is 0. The topological polar surface area (TPSA) is 58.4 Å². The zero-order chi connectivity index (χ0) is 15.2. The summed E-state index contributed by atoms with van der Waals surface area (Å²) in [4.78, 5) is 14.2. The Labute approximate surface area is 131 Å². The van der Waals surface area contributed by atoms with Crippen LogP contribution in [0, 0.1) is 0 Å². The molecular formula is C16H24ClN3O. The average Bonchev–Trinajstić information content (AvgIpc) is 2.42. The van der Waals surface area contributed by atoms with Crippen molar-refractivity contribution in [2.45, 2.75) is 38.3 Å². The van der Waals surface area contributed by atoms with E-state index in [4.69, 9.17) is 17.3 Å². The van der Waals surface area contributed by atoms with Crippen LogP contribution in [0.25, 0.3) is 0 Å². The number of amides is 1. The third kappa shape index (κ3) is 5.30. The first-order chi connectivity index (χ1) is 10.0. The molecule has 1 aliphatic heterocycles. The number of rotatable bonds is 5. The summed E-state index contributed by atoms with van der Waals surface area (Å²) in [6.07, 6.45) is 2.74. The second-order valence-electron chi connectivity index (χ2n) is 5.83. The molecule has 5 heteroatoms. The van der Waals surface area contributed by atoms with E-state index in [9.17, 15) is 4.79 Å². The van der Waals surface area contributed by atoms with Gasteiger partial charge in [0.25, 0.3) is 0 Å². The van der Waals surface area contributed by atoms with Crippen LogP contribution in [0.3, 0.4) is 0 Å². The van der Waals surface area contributed by atoms with Gasteiger partial charge in [0.15, 0.2) is 0 Å². The van der Waals surface area contributed by atoms with Gasteiger partial charge in [0, 0.05) is 30.2 Å². The van der Waals surface area contributed by atoms with Crippen molar-refractivity contribution >= 4 is 17.5 Å².